The van der Waals surface area contributed by atoms with Gasteiger partial charge in [0, 0.05) is 17.2 Å². The lowest BCUT2D eigenvalue weighted by atomic mass is 10.3. The number of hydrogen-bond acceptors (Lipinski definition) is 2. The third kappa shape index (κ3) is 3.60. The molecular weight excluding hydrogens is 227 g/mol. The molecule has 2 N–H and O–H groups in total. The first-order chi connectivity index (χ1) is 4.83. The molecule has 0 radical (unpaired) electrons. The van der Waals surface area contributed by atoms with Crippen LogP contribution in [0.25, 0.3) is 0 Å². The van der Waals surface area contributed by atoms with Crippen LogP contribution in [0.1, 0.15) is 0 Å². The molecule has 0 amide bonds. The number of nitrogens with one attached hydrogen (secondary N) is 2. The van der Waals surface area contributed by atoms with Crippen molar-refractivity contribution in [1.82, 2.24) is 5.43 Å². The molecule has 0 atom stereocenters. The van der Waals surface area contributed by atoms with E-state index in [-0.39, 0.29) is 12.4 Å². The van der Waals surface area contributed by atoms with Gasteiger partial charge in [0.1, 0.15) is 0 Å². The average Bonchev–Trinajstić information content (AvgIpc) is 1.88. The van der Waals surface area contributed by atoms with Crippen LogP contribution < -0.4 is 10.9 Å². The highest BCUT2D eigenvalue weighted by atomic mass is 79.9. The van der Waals surface area contributed by atoms with Crippen molar-refractivity contribution in [1.29, 1.82) is 0 Å². The zero-order valence-corrected chi connectivity index (χ0v) is 8.50. The predicted octanol–water partition coefficient (Wildman–Crippen LogP) is 2.42. The van der Waals surface area contributed by atoms with Gasteiger partial charge in [-0.1, -0.05) is 22.0 Å². The van der Waals surface area contributed by atoms with Gasteiger partial charge in [0.2, 0.25) is 0 Å². The Balaban J connectivity index is 0.000001000. The molecule has 1 aromatic carbocycles. The predicted molar refractivity (Wildman–Crippen MR) is 54.1 cm³/mol. The van der Waals surface area contributed by atoms with Gasteiger partial charge in [-0.2, -0.15) is 0 Å². The van der Waals surface area contributed by atoms with Gasteiger partial charge < -0.3 is 5.43 Å². The Morgan fingerprint density at radius 3 is 2.64 bits per heavy atom. The third-order valence-corrected chi connectivity index (χ3v) is 1.59. The second-order valence-electron chi connectivity index (χ2n) is 1.89. The molecule has 0 saturated heterocycles. The van der Waals surface area contributed by atoms with Gasteiger partial charge in [-0.15, -0.1) is 12.4 Å². The molecule has 62 valence electrons. The summed E-state index contributed by atoms with van der Waals surface area (Å²) in [7, 11) is 1.83. The second-order valence-corrected chi connectivity index (χ2v) is 2.80. The van der Waals surface area contributed by atoms with Gasteiger partial charge in [0.25, 0.3) is 0 Å². The van der Waals surface area contributed by atoms with Crippen molar-refractivity contribution in [2.24, 2.45) is 0 Å². The molecule has 0 aliphatic heterocycles. The smallest absolute Gasteiger partial charge is 0.0498 e. The highest BCUT2D eigenvalue weighted by molar-refractivity contribution is 9.10. The summed E-state index contributed by atoms with van der Waals surface area (Å²) in [5.41, 5.74) is 6.86. The van der Waals surface area contributed by atoms with E-state index in [0.29, 0.717) is 0 Å². The van der Waals surface area contributed by atoms with E-state index in [9.17, 15) is 0 Å². The van der Waals surface area contributed by atoms with E-state index in [1.54, 1.807) is 0 Å². The van der Waals surface area contributed by atoms with E-state index in [0.717, 1.165) is 10.2 Å². The number of halogens is 2. The highest BCUT2D eigenvalue weighted by Crippen LogP contribution is 2.14. The van der Waals surface area contributed by atoms with Crippen LogP contribution in [0.3, 0.4) is 0 Å². The lowest BCUT2D eigenvalue weighted by Crippen LogP contribution is -2.14. The van der Waals surface area contributed by atoms with Gasteiger partial charge in [-0.05, 0) is 18.2 Å². The molecule has 0 aromatic heterocycles. The lowest BCUT2D eigenvalue weighted by Gasteiger charge is -2.02. The van der Waals surface area contributed by atoms with Crippen molar-refractivity contribution < 1.29 is 0 Å². The van der Waals surface area contributed by atoms with E-state index in [1.165, 1.54) is 0 Å². The Kier molecular flexibility index (Phi) is 5.28. The Labute approximate surface area is 80.9 Å². The second kappa shape index (κ2) is 5.41. The minimum atomic E-state index is 0. The van der Waals surface area contributed by atoms with Crippen LogP contribution in [0.4, 0.5) is 5.69 Å². The van der Waals surface area contributed by atoms with E-state index in [2.05, 4.69) is 26.8 Å². The zero-order valence-electron chi connectivity index (χ0n) is 6.10. The molecule has 4 heteroatoms. The van der Waals surface area contributed by atoms with Crippen LogP contribution in [-0.4, -0.2) is 7.05 Å². The molecule has 1 aromatic rings. The van der Waals surface area contributed by atoms with E-state index >= 15 is 0 Å². The number of hydrazine groups is 1. The molecule has 0 aliphatic rings. The molecule has 1 rings (SSSR count). The summed E-state index contributed by atoms with van der Waals surface area (Å²) in [5, 5.41) is 0. The van der Waals surface area contributed by atoms with Gasteiger partial charge in [-0.3, -0.25) is 0 Å². The summed E-state index contributed by atoms with van der Waals surface area (Å²) in [6, 6.07) is 7.95. The quantitative estimate of drug-likeness (QED) is 0.772. The standard InChI is InChI=1S/C7H9BrN2.ClH/c1-9-10-7-4-2-3-6(8)5-7;/h2-5,9-10H,1H3;1H. The Bertz CT molecular complexity index is 217. The van der Waals surface area contributed by atoms with Gasteiger partial charge in [-0.25, -0.2) is 5.43 Å². The molecule has 0 fully saturated rings. The van der Waals surface area contributed by atoms with Crippen molar-refractivity contribution >= 4 is 34.0 Å². The van der Waals surface area contributed by atoms with Crippen molar-refractivity contribution in [3.8, 4) is 0 Å². The molecule has 11 heavy (non-hydrogen) atoms. The van der Waals surface area contributed by atoms with E-state index in [4.69, 9.17) is 0 Å². The van der Waals surface area contributed by atoms with Crippen molar-refractivity contribution in [3.05, 3.63) is 28.7 Å². The number of hydrogen-bond donors (Lipinski definition) is 2. The van der Waals surface area contributed by atoms with Crippen LogP contribution in [0.5, 0.6) is 0 Å². The zero-order chi connectivity index (χ0) is 7.40. The van der Waals surface area contributed by atoms with Gasteiger partial charge in [0.15, 0.2) is 0 Å². The fourth-order valence-electron chi connectivity index (χ4n) is 0.711. The fraction of sp³-hybridized carbons (Fsp3) is 0.143. The van der Waals surface area contributed by atoms with E-state index < -0.39 is 0 Å². The molecule has 0 aliphatic carbocycles. The van der Waals surface area contributed by atoms with Crippen LogP contribution in [0, 0.1) is 0 Å². The summed E-state index contributed by atoms with van der Waals surface area (Å²) >= 11 is 3.36. The molecule has 0 bridgehead atoms. The van der Waals surface area contributed by atoms with Crippen LogP contribution >= 0.6 is 28.3 Å². The first-order valence-electron chi connectivity index (χ1n) is 3.01. The first kappa shape index (κ1) is 10.8. The maximum Gasteiger partial charge on any atom is 0.0498 e. The Morgan fingerprint density at radius 1 is 1.36 bits per heavy atom. The maximum absolute atomic E-state index is 3.36. The van der Waals surface area contributed by atoms with E-state index in [1.807, 2.05) is 31.3 Å². The van der Waals surface area contributed by atoms with Gasteiger partial charge >= 0.3 is 0 Å². The van der Waals surface area contributed by atoms with Crippen LogP contribution in [-0.2, 0) is 0 Å². The monoisotopic (exact) mass is 236 g/mol. The van der Waals surface area contributed by atoms with Crippen LogP contribution in [0.15, 0.2) is 28.7 Å². The number of benzene rings is 1. The largest absolute Gasteiger partial charge is 0.322 e. The van der Waals surface area contributed by atoms with Crippen molar-refractivity contribution in [2.45, 2.75) is 0 Å². The lowest BCUT2D eigenvalue weighted by molar-refractivity contribution is 0.984. The summed E-state index contributed by atoms with van der Waals surface area (Å²) in [6.07, 6.45) is 0. The van der Waals surface area contributed by atoms with Crippen molar-refractivity contribution in [3.63, 3.8) is 0 Å². The van der Waals surface area contributed by atoms with Crippen molar-refractivity contribution in [2.75, 3.05) is 12.5 Å². The highest BCUT2D eigenvalue weighted by Gasteiger charge is 1.88. The fourth-order valence-corrected chi connectivity index (χ4v) is 1.11. The molecule has 0 saturated carbocycles. The summed E-state index contributed by atoms with van der Waals surface area (Å²) in [6.45, 7) is 0. The molecule has 0 unspecified atom stereocenters. The average molecular weight is 238 g/mol. The molecule has 0 spiro atoms. The maximum atomic E-state index is 3.36. The molecule has 2 nitrogen and oxygen atoms in total. The topological polar surface area (TPSA) is 24.1 Å². The minimum Gasteiger partial charge on any atom is -0.322 e. The minimum absolute atomic E-state index is 0. The molecular formula is C7H10BrClN2. The number of rotatable bonds is 2. The summed E-state index contributed by atoms with van der Waals surface area (Å²) in [4.78, 5) is 0. The normalized spacial score (nSPS) is 8.55. The van der Waals surface area contributed by atoms with Crippen LogP contribution in [0.2, 0.25) is 0 Å². The molecule has 0 heterocycles. The Morgan fingerprint density at radius 2 is 2.09 bits per heavy atom. The summed E-state index contributed by atoms with van der Waals surface area (Å²) < 4.78 is 1.08. The summed E-state index contributed by atoms with van der Waals surface area (Å²) in [5.74, 6) is 0. The Hall–Kier alpha value is -0.250. The van der Waals surface area contributed by atoms with Gasteiger partial charge in [0.05, 0.1) is 0 Å². The SMILES string of the molecule is CNNc1cccc(Br)c1.Cl. The third-order valence-electron chi connectivity index (χ3n) is 1.09. The first-order valence-corrected chi connectivity index (χ1v) is 3.80. The number of anilines is 1.